The molecule has 74 valence electrons. The Morgan fingerprint density at radius 3 is 2.87 bits per heavy atom. The first kappa shape index (κ1) is 8.49. The van der Waals surface area contributed by atoms with E-state index in [1.165, 1.54) is 0 Å². The van der Waals surface area contributed by atoms with Crippen molar-refractivity contribution in [1.29, 1.82) is 0 Å². The fourth-order valence-electron chi connectivity index (χ4n) is 1.32. The number of hydrogen-bond donors (Lipinski definition) is 0. The van der Waals surface area contributed by atoms with E-state index in [1.54, 1.807) is 23.9 Å². The normalized spacial score (nSPS) is 10.7. The molecular weight excluding hydrogens is 210 g/mol. The predicted octanol–water partition coefficient (Wildman–Crippen LogP) is 3.66. The lowest BCUT2D eigenvalue weighted by atomic mass is 10.4. The Kier molecular flexibility index (Phi) is 1.93. The van der Waals surface area contributed by atoms with E-state index in [0.717, 1.165) is 10.6 Å². The molecule has 3 heterocycles. The van der Waals surface area contributed by atoms with E-state index in [4.69, 9.17) is 8.83 Å². The molecule has 0 fully saturated rings. The van der Waals surface area contributed by atoms with Crippen LogP contribution in [0.15, 0.2) is 51.0 Å². The Bertz CT molecular complexity index is 488. The highest BCUT2D eigenvalue weighted by Gasteiger charge is 2.10. The van der Waals surface area contributed by atoms with Crippen LogP contribution in [0.3, 0.4) is 0 Å². The first-order chi connectivity index (χ1) is 7.43. The van der Waals surface area contributed by atoms with Crippen LogP contribution in [0, 0.1) is 0 Å². The van der Waals surface area contributed by atoms with Crippen LogP contribution in [-0.4, -0.2) is 4.98 Å². The van der Waals surface area contributed by atoms with Crippen LogP contribution < -0.4 is 0 Å². The van der Waals surface area contributed by atoms with Crippen molar-refractivity contribution in [3.05, 3.63) is 42.2 Å². The molecule has 0 aliphatic heterocycles. The van der Waals surface area contributed by atoms with Crippen molar-refractivity contribution >= 4 is 11.3 Å². The summed E-state index contributed by atoms with van der Waals surface area (Å²) in [5.41, 5.74) is 0.844. The van der Waals surface area contributed by atoms with E-state index in [-0.39, 0.29) is 0 Å². The molecule has 0 bridgehead atoms. The maximum atomic E-state index is 5.33. The lowest BCUT2D eigenvalue weighted by molar-refractivity contribution is 0.517. The monoisotopic (exact) mass is 217 g/mol. The van der Waals surface area contributed by atoms with Crippen molar-refractivity contribution in [3.8, 4) is 22.2 Å². The van der Waals surface area contributed by atoms with E-state index in [9.17, 15) is 0 Å². The highest BCUT2D eigenvalue weighted by Crippen LogP contribution is 2.27. The maximum absolute atomic E-state index is 5.33. The second-order valence-corrected chi connectivity index (χ2v) is 3.94. The average molecular weight is 217 g/mol. The molecule has 0 spiro atoms. The van der Waals surface area contributed by atoms with Gasteiger partial charge in [-0.3, -0.25) is 0 Å². The van der Waals surface area contributed by atoms with Crippen molar-refractivity contribution in [2.24, 2.45) is 0 Å². The van der Waals surface area contributed by atoms with Crippen molar-refractivity contribution in [2.75, 3.05) is 0 Å². The van der Waals surface area contributed by atoms with E-state index in [1.807, 2.05) is 29.6 Å². The average Bonchev–Trinajstić information content (AvgIpc) is 3.02. The Labute approximate surface area is 90.0 Å². The molecule has 0 radical (unpaired) electrons. The molecule has 3 aromatic rings. The summed E-state index contributed by atoms with van der Waals surface area (Å²) in [6.45, 7) is 0. The van der Waals surface area contributed by atoms with Gasteiger partial charge in [0.15, 0.2) is 5.76 Å². The Morgan fingerprint density at radius 1 is 1.13 bits per heavy atom. The zero-order valence-electron chi connectivity index (χ0n) is 7.71. The molecule has 0 atom stereocenters. The van der Waals surface area contributed by atoms with Gasteiger partial charge >= 0.3 is 0 Å². The molecule has 0 unspecified atom stereocenters. The first-order valence-corrected chi connectivity index (χ1v) is 5.35. The Hall–Kier alpha value is -1.81. The summed E-state index contributed by atoms with van der Waals surface area (Å²) < 4.78 is 10.5. The van der Waals surface area contributed by atoms with E-state index in [2.05, 4.69) is 4.98 Å². The second kappa shape index (κ2) is 3.40. The summed E-state index contributed by atoms with van der Waals surface area (Å²) >= 11 is 1.63. The number of hydrogen-bond acceptors (Lipinski definition) is 4. The molecule has 0 N–H and O–H groups in total. The van der Waals surface area contributed by atoms with Gasteiger partial charge in [-0.15, -0.1) is 11.3 Å². The summed E-state index contributed by atoms with van der Waals surface area (Å²) in [4.78, 5) is 5.44. The highest BCUT2D eigenvalue weighted by molar-refractivity contribution is 7.13. The minimum absolute atomic E-state index is 0.517. The predicted molar refractivity (Wildman–Crippen MR) is 57.5 cm³/mol. The number of thiophene rings is 1. The van der Waals surface area contributed by atoms with Crippen LogP contribution in [0.1, 0.15) is 0 Å². The van der Waals surface area contributed by atoms with Crippen LogP contribution in [0.5, 0.6) is 0 Å². The fraction of sp³-hybridized carbons (Fsp3) is 0. The molecule has 0 aliphatic carbocycles. The van der Waals surface area contributed by atoms with Gasteiger partial charge in [-0.25, -0.2) is 4.98 Å². The Balaban J connectivity index is 2.02. The standard InChI is InChI=1S/C11H7NO2S/c1-3-9(13-5-1)11-12-8(7-14-11)10-4-2-6-15-10/h1-7H. The summed E-state index contributed by atoms with van der Waals surface area (Å²) in [6, 6.07) is 7.63. The summed E-state index contributed by atoms with van der Waals surface area (Å²) in [7, 11) is 0. The van der Waals surface area contributed by atoms with Crippen LogP contribution in [0.25, 0.3) is 22.2 Å². The van der Waals surface area contributed by atoms with Gasteiger partial charge in [-0.2, -0.15) is 0 Å². The minimum atomic E-state index is 0.517. The lowest BCUT2D eigenvalue weighted by Gasteiger charge is -1.86. The van der Waals surface area contributed by atoms with Gasteiger partial charge in [0.1, 0.15) is 12.0 Å². The number of rotatable bonds is 2. The molecule has 3 nitrogen and oxygen atoms in total. The summed E-state index contributed by atoms with van der Waals surface area (Å²) in [6.07, 6.45) is 3.24. The molecule has 3 aromatic heterocycles. The molecule has 0 aromatic carbocycles. The molecule has 3 rings (SSSR count). The van der Waals surface area contributed by atoms with Crippen LogP contribution in [0.4, 0.5) is 0 Å². The zero-order chi connectivity index (χ0) is 10.1. The quantitative estimate of drug-likeness (QED) is 0.657. The van der Waals surface area contributed by atoms with Gasteiger partial charge < -0.3 is 8.83 Å². The molecule has 0 amide bonds. The minimum Gasteiger partial charge on any atom is -0.459 e. The van der Waals surface area contributed by atoms with Gasteiger partial charge in [-0.05, 0) is 23.6 Å². The third-order valence-corrected chi connectivity index (χ3v) is 2.90. The fourth-order valence-corrected chi connectivity index (χ4v) is 2.00. The SMILES string of the molecule is c1coc(-c2nc(-c3cccs3)co2)c1. The van der Waals surface area contributed by atoms with Crippen molar-refractivity contribution in [2.45, 2.75) is 0 Å². The van der Waals surface area contributed by atoms with Crippen molar-refractivity contribution in [1.82, 2.24) is 4.98 Å². The van der Waals surface area contributed by atoms with Gasteiger partial charge in [0, 0.05) is 0 Å². The van der Waals surface area contributed by atoms with Gasteiger partial charge in [0.2, 0.25) is 0 Å². The summed E-state index contributed by atoms with van der Waals surface area (Å²) in [5, 5.41) is 2.01. The lowest BCUT2D eigenvalue weighted by Crippen LogP contribution is -1.73. The van der Waals surface area contributed by atoms with Crippen molar-refractivity contribution < 1.29 is 8.83 Å². The van der Waals surface area contributed by atoms with E-state index >= 15 is 0 Å². The van der Waals surface area contributed by atoms with Crippen molar-refractivity contribution in [3.63, 3.8) is 0 Å². The van der Waals surface area contributed by atoms with Gasteiger partial charge in [-0.1, -0.05) is 6.07 Å². The van der Waals surface area contributed by atoms with Crippen LogP contribution in [-0.2, 0) is 0 Å². The zero-order valence-corrected chi connectivity index (χ0v) is 8.53. The number of furan rings is 1. The molecular formula is C11H7NO2S. The van der Waals surface area contributed by atoms with Gasteiger partial charge in [0.05, 0.1) is 11.1 Å². The van der Waals surface area contributed by atoms with Gasteiger partial charge in [0.25, 0.3) is 5.89 Å². The van der Waals surface area contributed by atoms with E-state index < -0.39 is 0 Å². The largest absolute Gasteiger partial charge is 0.459 e. The molecule has 15 heavy (non-hydrogen) atoms. The number of nitrogens with zero attached hydrogens (tertiary/aromatic N) is 1. The molecule has 0 aliphatic rings. The van der Waals surface area contributed by atoms with E-state index in [0.29, 0.717) is 11.7 Å². The maximum Gasteiger partial charge on any atom is 0.263 e. The smallest absolute Gasteiger partial charge is 0.263 e. The topological polar surface area (TPSA) is 39.2 Å². The second-order valence-electron chi connectivity index (χ2n) is 2.99. The summed E-state index contributed by atoms with van der Waals surface area (Å²) in [5.74, 6) is 1.17. The molecule has 0 saturated carbocycles. The van der Waals surface area contributed by atoms with Crippen LogP contribution >= 0.6 is 11.3 Å². The van der Waals surface area contributed by atoms with Crippen LogP contribution in [0.2, 0.25) is 0 Å². The molecule has 4 heteroatoms. The first-order valence-electron chi connectivity index (χ1n) is 4.47. The molecule has 0 saturated heterocycles. The third kappa shape index (κ3) is 1.49. The Morgan fingerprint density at radius 2 is 2.13 bits per heavy atom. The third-order valence-electron chi connectivity index (χ3n) is 2.01. The number of oxazole rings is 1. The highest BCUT2D eigenvalue weighted by atomic mass is 32.1. The number of aromatic nitrogens is 1.